The van der Waals surface area contributed by atoms with E-state index < -0.39 is 0 Å². The number of para-hydroxylation sites is 1. The molecule has 34 heavy (non-hydrogen) atoms. The molecule has 0 amide bonds. The van der Waals surface area contributed by atoms with Crippen molar-refractivity contribution in [2.45, 2.75) is 39.8 Å². The molecule has 1 fully saturated rings. The van der Waals surface area contributed by atoms with Crippen LogP contribution in [0.1, 0.15) is 45.9 Å². The summed E-state index contributed by atoms with van der Waals surface area (Å²) in [6.45, 7) is 8.75. The number of rotatable bonds is 4. The van der Waals surface area contributed by atoms with Gasteiger partial charge in [-0.1, -0.05) is 40.2 Å². The second kappa shape index (κ2) is 9.01. The Kier molecular flexibility index (Phi) is 6.04. The standard InChI is InChI=1S/C28H27BrN4S/c1-17-8-7-9-18(2)26(17)32-19(3)16-23(20(32)4)27-25(24-10-5-6-15-30-24)31-28(34)33(27)22-13-11-21(29)12-14-22/h5-16,25,27H,1-4H3,(H,31,34). The number of halogens is 1. The number of nitrogens with one attached hydrogen (secondary N) is 1. The molecule has 4 aromatic rings. The molecule has 1 N–H and O–H groups in total. The van der Waals surface area contributed by atoms with Crippen LogP contribution in [0.5, 0.6) is 0 Å². The molecule has 2 unspecified atom stereocenters. The lowest BCUT2D eigenvalue weighted by Crippen LogP contribution is -2.29. The Morgan fingerprint density at radius 1 is 0.912 bits per heavy atom. The second-order valence-corrected chi connectivity index (χ2v) is 10.2. The Hall–Kier alpha value is -2.96. The van der Waals surface area contributed by atoms with Crippen molar-refractivity contribution >= 4 is 38.9 Å². The van der Waals surface area contributed by atoms with Gasteiger partial charge in [0.1, 0.15) is 0 Å². The topological polar surface area (TPSA) is 33.1 Å². The highest BCUT2D eigenvalue weighted by molar-refractivity contribution is 9.10. The third-order valence-corrected chi connectivity index (χ3v) is 7.50. The summed E-state index contributed by atoms with van der Waals surface area (Å²) in [6, 6.07) is 23.1. The van der Waals surface area contributed by atoms with Gasteiger partial charge in [-0.3, -0.25) is 4.98 Å². The van der Waals surface area contributed by atoms with E-state index in [1.54, 1.807) is 0 Å². The fourth-order valence-corrected chi connectivity index (χ4v) is 5.75. The summed E-state index contributed by atoms with van der Waals surface area (Å²) in [5.41, 5.74) is 9.48. The van der Waals surface area contributed by atoms with Gasteiger partial charge in [-0.05, 0) is 99.1 Å². The van der Waals surface area contributed by atoms with E-state index in [1.165, 1.54) is 33.8 Å². The summed E-state index contributed by atoms with van der Waals surface area (Å²) in [7, 11) is 0. The second-order valence-electron chi connectivity index (χ2n) is 8.88. The molecular formula is C28H27BrN4S. The lowest BCUT2D eigenvalue weighted by molar-refractivity contribution is 0.565. The van der Waals surface area contributed by atoms with Crippen molar-refractivity contribution in [3.63, 3.8) is 0 Å². The monoisotopic (exact) mass is 530 g/mol. The van der Waals surface area contributed by atoms with Crippen molar-refractivity contribution in [2.75, 3.05) is 4.90 Å². The quantitative estimate of drug-likeness (QED) is 0.286. The Labute approximate surface area is 214 Å². The average molecular weight is 532 g/mol. The van der Waals surface area contributed by atoms with Crippen LogP contribution in [-0.2, 0) is 0 Å². The van der Waals surface area contributed by atoms with E-state index in [1.807, 2.05) is 18.3 Å². The maximum atomic E-state index is 5.90. The van der Waals surface area contributed by atoms with E-state index in [0.29, 0.717) is 5.11 Å². The van der Waals surface area contributed by atoms with E-state index in [-0.39, 0.29) is 12.1 Å². The fraction of sp³-hybridized carbons (Fsp3) is 0.214. The zero-order valence-electron chi connectivity index (χ0n) is 19.7. The molecule has 0 radical (unpaired) electrons. The Morgan fingerprint density at radius 3 is 2.26 bits per heavy atom. The first-order valence-electron chi connectivity index (χ1n) is 11.4. The third-order valence-electron chi connectivity index (χ3n) is 6.65. The summed E-state index contributed by atoms with van der Waals surface area (Å²) in [5, 5.41) is 4.28. The van der Waals surface area contributed by atoms with Crippen LogP contribution in [0.2, 0.25) is 0 Å². The number of hydrogen-bond donors (Lipinski definition) is 1. The fourth-order valence-electron chi connectivity index (χ4n) is 5.14. The zero-order chi connectivity index (χ0) is 24.0. The van der Waals surface area contributed by atoms with E-state index >= 15 is 0 Å². The van der Waals surface area contributed by atoms with Crippen molar-refractivity contribution in [1.82, 2.24) is 14.9 Å². The van der Waals surface area contributed by atoms with Crippen LogP contribution in [0.3, 0.4) is 0 Å². The van der Waals surface area contributed by atoms with Crippen molar-refractivity contribution in [1.29, 1.82) is 0 Å². The maximum Gasteiger partial charge on any atom is 0.174 e. The molecule has 3 heterocycles. The molecule has 1 aliphatic rings. The lowest BCUT2D eigenvalue weighted by Gasteiger charge is -2.28. The van der Waals surface area contributed by atoms with Gasteiger partial charge in [-0.15, -0.1) is 0 Å². The van der Waals surface area contributed by atoms with Crippen LogP contribution in [0, 0.1) is 27.7 Å². The van der Waals surface area contributed by atoms with Gasteiger partial charge < -0.3 is 14.8 Å². The number of aromatic nitrogens is 2. The molecule has 1 aliphatic heterocycles. The highest BCUT2D eigenvalue weighted by Gasteiger charge is 2.42. The molecule has 6 heteroatoms. The van der Waals surface area contributed by atoms with E-state index in [0.717, 1.165) is 15.9 Å². The SMILES string of the molecule is Cc1cccc(C)c1-n1c(C)cc(C2C(c3ccccn3)NC(=S)N2c2ccc(Br)cc2)c1C. The predicted octanol–water partition coefficient (Wildman–Crippen LogP) is 7.05. The van der Waals surface area contributed by atoms with Crippen LogP contribution in [0.15, 0.2) is 77.4 Å². The Morgan fingerprint density at radius 2 is 1.62 bits per heavy atom. The van der Waals surface area contributed by atoms with Crippen molar-refractivity contribution in [3.8, 4) is 5.69 Å². The Balaban J connectivity index is 1.71. The van der Waals surface area contributed by atoms with Gasteiger partial charge in [-0.25, -0.2) is 0 Å². The molecule has 2 atom stereocenters. The number of thiocarbonyl (C=S) groups is 1. The number of aryl methyl sites for hydroxylation is 3. The highest BCUT2D eigenvalue weighted by atomic mass is 79.9. The van der Waals surface area contributed by atoms with Gasteiger partial charge in [0.2, 0.25) is 0 Å². The highest BCUT2D eigenvalue weighted by Crippen LogP contribution is 2.44. The van der Waals surface area contributed by atoms with Gasteiger partial charge in [-0.2, -0.15) is 0 Å². The van der Waals surface area contributed by atoms with E-state index in [4.69, 9.17) is 17.2 Å². The van der Waals surface area contributed by atoms with Crippen molar-refractivity contribution < 1.29 is 0 Å². The average Bonchev–Trinajstić information content (AvgIpc) is 3.31. The molecule has 4 nitrogen and oxygen atoms in total. The molecule has 0 saturated carbocycles. The molecule has 0 bridgehead atoms. The molecular weight excluding hydrogens is 504 g/mol. The summed E-state index contributed by atoms with van der Waals surface area (Å²) < 4.78 is 3.43. The first-order chi connectivity index (χ1) is 16.4. The minimum Gasteiger partial charge on any atom is -0.351 e. The molecule has 1 saturated heterocycles. The first-order valence-corrected chi connectivity index (χ1v) is 12.6. The van der Waals surface area contributed by atoms with Crippen LogP contribution < -0.4 is 10.2 Å². The maximum absolute atomic E-state index is 5.90. The van der Waals surface area contributed by atoms with Gasteiger partial charge >= 0.3 is 0 Å². The first kappa shape index (κ1) is 22.8. The molecule has 0 aliphatic carbocycles. The summed E-state index contributed by atoms with van der Waals surface area (Å²) in [5.74, 6) is 0. The third kappa shape index (κ3) is 3.85. The molecule has 172 valence electrons. The van der Waals surface area contributed by atoms with Crippen LogP contribution >= 0.6 is 28.1 Å². The smallest absolute Gasteiger partial charge is 0.174 e. The number of anilines is 1. The number of hydrogen-bond acceptors (Lipinski definition) is 2. The van der Waals surface area contributed by atoms with Gasteiger partial charge in [0.15, 0.2) is 5.11 Å². The molecule has 0 spiro atoms. The van der Waals surface area contributed by atoms with E-state index in [9.17, 15) is 0 Å². The predicted molar refractivity (Wildman–Crippen MR) is 147 cm³/mol. The molecule has 2 aromatic heterocycles. The number of pyridine rings is 1. The van der Waals surface area contributed by atoms with Crippen molar-refractivity contribution in [3.05, 3.63) is 111 Å². The summed E-state index contributed by atoms with van der Waals surface area (Å²) >= 11 is 9.46. The van der Waals surface area contributed by atoms with E-state index in [2.05, 4.69) is 113 Å². The van der Waals surface area contributed by atoms with Gasteiger partial charge in [0.05, 0.1) is 23.5 Å². The lowest BCUT2D eigenvalue weighted by atomic mass is 9.96. The van der Waals surface area contributed by atoms with Gasteiger partial charge in [0, 0.05) is 27.7 Å². The van der Waals surface area contributed by atoms with Crippen molar-refractivity contribution in [2.24, 2.45) is 0 Å². The normalized spacial score (nSPS) is 17.8. The minimum absolute atomic E-state index is 0.0344. The molecule has 5 rings (SSSR count). The summed E-state index contributed by atoms with van der Waals surface area (Å²) in [4.78, 5) is 6.93. The van der Waals surface area contributed by atoms with Crippen LogP contribution in [-0.4, -0.2) is 14.7 Å². The number of benzene rings is 2. The van der Waals surface area contributed by atoms with Crippen LogP contribution in [0.4, 0.5) is 5.69 Å². The summed E-state index contributed by atoms with van der Waals surface area (Å²) in [6.07, 6.45) is 1.85. The van der Waals surface area contributed by atoms with Gasteiger partial charge in [0.25, 0.3) is 0 Å². The zero-order valence-corrected chi connectivity index (χ0v) is 22.1. The van der Waals surface area contributed by atoms with Crippen LogP contribution in [0.25, 0.3) is 5.69 Å². The molecule has 2 aromatic carbocycles. The number of nitrogens with zero attached hydrogens (tertiary/aromatic N) is 3. The Bertz CT molecular complexity index is 1340. The minimum atomic E-state index is -0.0655. The largest absolute Gasteiger partial charge is 0.351 e.